The first kappa shape index (κ1) is 14.8. The van der Waals surface area contributed by atoms with Crippen molar-refractivity contribution in [3.05, 3.63) is 23.9 Å². The topological polar surface area (TPSA) is 54.0 Å². The summed E-state index contributed by atoms with van der Waals surface area (Å²) in [5.41, 5.74) is 0.687. The highest BCUT2D eigenvalue weighted by Crippen LogP contribution is 2.23. The molecule has 0 aliphatic heterocycles. The van der Waals surface area contributed by atoms with Crippen LogP contribution in [0.5, 0.6) is 0 Å². The van der Waals surface area contributed by atoms with Gasteiger partial charge in [-0.2, -0.15) is 0 Å². The maximum atomic E-state index is 12.4. The summed E-state index contributed by atoms with van der Waals surface area (Å²) >= 11 is 0. The van der Waals surface area contributed by atoms with Gasteiger partial charge in [-0.25, -0.2) is 4.98 Å². The minimum absolute atomic E-state index is 0.0188. The van der Waals surface area contributed by atoms with Crippen LogP contribution in [-0.2, 0) is 0 Å². The van der Waals surface area contributed by atoms with Crippen LogP contribution in [0.1, 0.15) is 56.3 Å². The number of nitrogens with one attached hydrogen (secondary N) is 2. The average molecular weight is 275 g/mol. The second kappa shape index (κ2) is 7.27. The molecule has 0 aromatic carbocycles. The van der Waals surface area contributed by atoms with Crippen LogP contribution in [0.3, 0.4) is 0 Å². The summed E-state index contributed by atoms with van der Waals surface area (Å²) < 4.78 is 0. The van der Waals surface area contributed by atoms with Crippen LogP contribution in [0.2, 0.25) is 0 Å². The number of carbonyl (C=O) groups excluding carboxylic acids is 1. The van der Waals surface area contributed by atoms with Crippen molar-refractivity contribution >= 4 is 11.7 Å². The Kier molecular flexibility index (Phi) is 5.39. The quantitative estimate of drug-likeness (QED) is 0.830. The molecule has 20 heavy (non-hydrogen) atoms. The predicted molar refractivity (Wildman–Crippen MR) is 81.9 cm³/mol. The van der Waals surface area contributed by atoms with E-state index in [4.69, 9.17) is 0 Å². The van der Waals surface area contributed by atoms with E-state index in [0.717, 1.165) is 18.8 Å². The second-order valence-corrected chi connectivity index (χ2v) is 5.66. The molecule has 1 amide bonds. The summed E-state index contributed by atoms with van der Waals surface area (Å²) in [7, 11) is 0. The van der Waals surface area contributed by atoms with Gasteiger partial charge in [0, 0.05) is 24.3 Å². The van der Waals surface area contributed by atoms with Crippen LogP contribution in [-0.4, -0.2) is 23.5 Å². The van der Waals surface area contributed by atoms with Gasteiger partial charge in [0.25, 0.3) is 5.91 Å². The summed E-state index contributed by atoms with van der Waals surface area (Å²) in [4.78, 5) is 16.6. The van der Waals surface area contributed by atoms with E-state index in [0.29, 0.717) is 17.5 Å². The van der Waals surface area contributed by atoms with E-state index in [1.807, 2.05) is 13.0 Å². The molecule has 1 aromatic rings. The van der Waals surface area contributed by atoms with Crippen molar-refractivity contribution in [1.29, 1.82) is 0 Å². The highest BCUT2D eigenvalue weighted by Gasteiger charge is 2.22. The third-order valence-corrected chi connectivity index (χ3v) is 4.06. The molecule has 0 spiro atoms. The van der Waals surface area contributed by atoms with Crippen LogP contribution in [0, 0.1) is 5.92 Å². The molecule has 0 radical (unpaired) electrons. The minimum atomic E-state index is 0.0188. The van der Waals surface area contributed by atoms with E-state index in [1.54, 1.807) is 12.3 Å². The number of hydrogen-bond donors (Lipinski definition) is 2. The van der Waals surface area contributed by atoms with Crippen LogP contribution in [0.25, 0.3) is 0 Å². The highest BCUT2D eigenvalue weighted by molar-refractivity contribution is 5.95. The van der Waals surface area contributed by atoms with E-state index in [-0.39, 0.29) is 5.91 Å². The number of pyridine rings is 1. The maximum absolute atomic E-state index is 12.4. The molecule has 1 fully saturated rings. The molecule has 4 heteroatoms. The number of nitrogens with zero attached hydrogens (tertiary/aromatic N) is 1. The van der Waals surface area contributed by atoms with E-state index >= 15 is 0 Å². The van der Waals surface area contributed by atoms with Gasteiger partial charge in [0.15, 0.2) is 0 Å². The monoisotopic (exact) mass is 275 g/mol. The van der Waals surface area contributed by atoms with Crippen LogP contribution in [0.4, 0.5) is 5.82 Å². The van der Waals surface area contributed by atoms with Crippen molar-refractivity contribution in [1.82, 2.24) is 10.3 Å². The van der Waals surface area contributed by atoms with E-state index in [1.165, 1.54) is 25.7 Å². The highest BCUT2D eigenvalue weighted by atomic mass is 16.1. The Morgan fingerprint density at radius 3 is 2.95 bits per heavy atom. The summed E-state index contributed by atoms with van der Waals surface area (Å²) in [5.74, 6) is 1.34. The fourth-order valence-electron chi connectivity index (χ4n) is 2.81. The summed E-state index contributed by atoms with van der Waals surface area (Å²) in [5, 5.41) is 6.33. The van der Waals surface area contributed by atoms with Gasteiger partial charge in [0.1, 0.15) is 5.82 Å². The van der Waals surface area contributed by atoms with Gasteiger partial charge in [-0.15, -0.1) is 0 Å². The third-order valence-electron chi connectivity index (χ3n) is 4.06. The fourth-order valence-corrected chi connectivity index (χ4v) is 2.81. The van der Waals surface area contributed by atoms with Crippen LogP contribution < -0.4 is 10.6 Å². The van der Waals surface area contributed by atoms with Gasteiger partial charge in [0.2, 0.25) is 0 Å². The first-order valence-electron chi connectivity index (χ1n) is 7.71. The zero-order valence-electron chi connectivity index (χ0n) is 12.5. The lowest BCUT2D eigenvalue weighted by Crippen LogP contribution is -2.38. The molecule has 2 unspecified atom stereocenters. The molecule has 2 atom stereocenters. The average Bonchev–Trinajstić information content (AvgIpc) is 2.65. The molecule has 0 bridgehead atoms. The molecule has 0 saturated heterocycles. The second-order valence-electron chi connectivity index (χ2n) is 5.66. The molecule has 1 aromatic heterocycles. The van der Waals surface area contributed by atoms with Crippen molar-refractivity contribution < 1.29 is 4.79 Å². The third kappa shape index (κ3) is 3.95. The lowest BCUT2D eigenvalue weighted by atomic mass is 9.96. The van der Waals surface area contributed by atoms with E-state index in [2.05, 4.69) is 22.5 Å². The first-order chi connectivity index (χ1) is 9.70. The van der Waals surface area contributed by atoms with Crippen molar-refractivity contribution in [2.24, 2.45) is 5.92 Å². The molecule has 1 aliphatic carbocycles. The Hall–Kier alpha value is -1.58. The molecule has 2 N–H and O–H groups in total. The summed E-state index contributed by atoms with van der Waals surface area (Å²) in [6.07, 6.45) is 7.78. The van der Waals surface area contributed by atoms with Gasteiger partial charge in [-0.3, -0.25) is 4.79 Å². The number of aromatic nitrogens is 1. The predicted octanol–water partition coefficient (Wildman–Crippen LogP) is 3.21. The number of carbonyl (C=O) groups is 1. The molecule has 110 valence electrons. The smallest absolute Gasteiger partial charge is 0.251 e. The van der Waals surface area contributed by atoms with Crippen molar-refractivity contribution in [3.8, 4) is 0 Å². The zero-order chi connectivity index (χ0) is 14.4. The van der Waals surface area contributed by atoms with E-state index < -0.39 is 0 Å². The first-order valence-corrected chi connectivity index (χ1v) is 7.71. The number of anilines is 1. The fraction of sp³-hybridized carbons (Fsp3) is 0.625. The van der Waals surface area contributed by atoms with Gasteiger partial charge in [-0.1, -0.05) is 26.2 Å². The Balaban J connectivity index is 2.01. The number of amides is 1. The molecular formula is C16H25N3O. The zero-order valence-corrected chi connectivity index (χ0v) is 12.5. The number of hydrogen-bond acceptors (Lipinski definition) is 3. The molecule has 4 nitrogen and oxygen atoms in total. The summed E-state index contributed by atoms with van der Waals surface area (Å²) in [6, 6.07) is 3.90. The lowest BCUT2D eigenvalue weighted by molar-refractivity contribution is 0.0921. The van der Waals surface area contributed by atoms with E-state index in [9.17, 15) is 4.79 Å². The van der Waals surface area contributed by atoms with Crippen molar-refractivity contribution in [2.75, 3.05) is 11.9 Å². The number of rotatable bonds is 4. The summed E-state index contributed by atoms with van der Waals surface area (Å²) in [6.45, 7) is 5.06. The molecule has 1 saturated carbocycles. The Labute approximate surface area is 121 Å². The van der Waals surface area contributed by atoms with Crippen molar-refractivity contribution in [3.63, 3.8) is 0 Å². The SMILES string of the molecule is CCNc1cc(C(=O)NC2CCCCCC2C)ccn1. The van der Waals surface area contributed by atoms with Crippen molar-refractivity contribution in [2.45, 2.75) is 52.0 Å². The standard InChI is InChI=1S/C16H25N3O/c1-3-17-15-11-13(9-10-18-15)16(20)19-14-8-6-4-5-7-12(14)2/h9-12,14H,3-8H2,1-2H3,(H,17,18)(H,19,20). The van der Waals surface area contributed by atoms with Crippen LogP contribution in [0.15, 0.2) is 18.3 Å². The molecular weight excluding hydrogens is 250 g/mol. The van der Waals surface area contributed by atoms with Gasteiger partial charge in [0.05, 0.1) is 0 Å². The van der Waals surface area contributed by atoms with Gasteiger partial charge < -0.3 is 10.6 Å². The van der Waals surface area contributed by atoms with Gasteiger partial charge in [-0.05, 0) is 37.8 Å². The van der Waals surface area contributed by atoms with Crippen LogP contribution >= 0.6 is 0 Å². The molecule has 1 heterocycles. The maximum Gasteiger partial charge on any atom is 0.251 e. The Morgan fingerprint density at radius 1 is 1.35 bits per heavy atom. The molecule has 1 aliphatic rings. The Morgan fingerprint density at radius 2 is 2.15 bits per heavy atom. The lowest BCUT2D eigenvalue weighted by Gasteiger charge is -2.22. The Bertz CT molecular complexity index is 447. The normalized spacial score (nSPS) is 22.9. The minimum Gasteiger partial charge on any atom is -0.370 e. The largest absolute Gasteiger partial charge is 0.370 e. The molecule has 2 rings (SSSR count). The van der Waals surface area contributed by atoms with Gasteiger partial charge >= 0.3 is 0 Å².